The summed E-state index contributed by atoms with van der Waals surface area (Å²) in [5.74, 6) is -0.0607. The molecule has 2 fully saturated rings. The first-order valence-electron chi connectivity index (χ1n) is 7.84. The van der Waals surface area contributed by atoms with Crippen LogP contribution in [0, 0.1) is 0 Å². The van der Waals surface area contributed by atoms with E-state index >= 15 is 0 Å². The van der Waals surface area contributed by atoms with Crippen LogP contribution in [0.3, 0.4) is 0 Å². The van der Waals surface area contributed by atoms with Crippen LogP contribution in [0.5, 0.6) is 0 Å². The van der Waals surface area contributed by atoms with Gasteiger partial charge in [-0.05, 0) is 12.8 Å². The van der Waals surface area contributed by atoms with Crippen molar-refractivity contribution in [1.29, 1.82) is 0 Å². The van der Waals surface area contributed by atoms with Crippen LogP contribution in [0.4, 0.5) is 0 Å². The van der Waals surface area contributed by atoms with Crippen LogP contribution < -0.4 is 11.5 Å². The van der Waals surface area contributed by atoms with Crippen LogP contribution in [0.1, 0.15) is 25.7 Å². The van der Waals surface area contributed by atoms with Crippen molar-refractivity contribution in [2.24, 2.45) is 11.5 Å². The topological polar surface area (TPSA) is 146 Å². The molecule has 7 N–H and O–H groups in total. The zero-order chi connectivity index (χ0) is 16.8. The summed E-state index contributed by atoms with van der Waals surface area (Å²) < 4.78 is 5.51. The second kappa shape index (κ2) is 5.82. The van der Waals surface area contributed by atoms with Crippen LogP contribution in [0.15, 0.2) is 12.0 Å². The summed E-state index contributed by atoms with van der Waals surface area (Å²) >= 11 is 0. The van der Waals surface area contributed by atoms with Gasteiger partial charge in [0.2, 0.25) is 5.91 Å². The van der Waals surface area contributed by atoms with Gasteiger partial charge >= 0.3 is 0 Å². The van der Waals surface area contributed by atoms with Crippen LogP contribution in [0.2, 0.25) is 0 Å². The molecule has 2 aliphatic heterocycles. The minimum atomic E-state index is -1.20. The molecule has 1 saturated carbocycles. The fraction of sp³-hybridized carbons (Fsp3) is 0.786. The molecule has 23 heavy (non-hydrogen) atoms. The molecule has 130 valence electrons. The second-order valence-electron chi connectivity index (χ2n) is 6.47. The maximum atomic E-state index is 12.0. The molecular formula is C14H24N4O5. The molecule has 9 heteroatoms. The van der Waals surface area contributed by atoms with Crippen molar-refractivity contribution >= 4 is 5.91 Å². The molecule has 0 bridgehead atoms. The predicted octanol–water partition coefficient (Wildman–Crippen LogP) is -2.44. The van der Waals surface area contributed by atoms with Crippen molar-refractivity contribution < 1.29 is 24.9 Å². The van der Waals surface area contributed by atoms with Crippen molar-refractivity contribution in [2.45, 2.75) is 55.8 Å². The van der Waals surface area contributed by atoms with Gasteiger partial charge in [-0.2, -0.15) is 0 Å². The van der Waals surface area contributed by atoms with E-state index in [1.165, 1.54) is 0 Å². The van der Waals surface area contributed by atoms with E-state index in [0.717, 1.165) is 12.8 Å². The molecule has 1 amide bonds. The third kappa shape index (κ3) is 2.44. The Labute approximate surface area is 134 Å². The van der Waals surface area contributed by atoms with Gasteiger partial charge in [-0.3, -0.25) is 4.79 Å². The molecule has 2 heterocycles. The van der Waals surface area contributed by atoms with Gasteiger partial charge in [0.15, 0.2) is 6.23 Å². The molecule has 3 aliphatic rings. The number of carbonyl (C=O) groups excluding carboxylic acids is 1. The maximum Gasteiger partial charge on any atom is 0.243 e. The van der Waals surface area contributed by atoms with Gasteiger partial charge in [-0.1, -0.05) is 12.8 Å². The van der Waals surface area contributed by atoms with E-state index in [2.05, 4.69) is 0 Å². The minimum absolute atomic E-state index is 0.237. The molecule has 0 aromatic carbocycles. The van der Waals surface area contributed by atoms with Gasteiger partial charge in [0.1, 0.15) is 29.7 Å². The predicted molar refractivity (Wildman–Crippen MR) is 79.0 cm³/mol. The zero-order valence-electron chi connectivity index (χ0n) is 12.8. The number of ether oxygens (including phenoxy) is 1. The second-order valence-corrected chi connectivity index (χ2v) is 6.47. The van der Waals surface area contributed by atoms with E-state index < -0.39 is 36.7 Å². The normalized spacial score (nSPS) is 36.6. The van der Waals surface area contributed by atoms with E-state index in [0.29, 0.717) is 18.7 Å². The lowest BCUT2D eigenvalue weighted by atomic mass is 9.95. The Kier molecular flexibility index (Phi) is 4.13. The fourth-order valence-corrected chi connectivity index (χ4v) is 3.78. The van der Waals surface area contributed by atoms with Crippen LogP contribution in [-0.2, 0) is 9.53 Å². The quantitative estimate of drug-likeness (QED) is 0.382. The van der Waals surface area contributed by atoms with E-state index in [-0.39, 0.29) is 12.6 Å². The summed E-state index contributed by atoms with van der Waals surface area (Å²) in [6, 6.07) is 0. The monoisotopic (exact) mass is 328 g/mol. The average Bonchev–Trinajstić information content (AvgIpc) is 3.20. The molecule has 0 aromatic heterocycles. The Morgan fingerprint density at radius 2 is 2.00 bits per heavy atom. The van der Waals surface area contributed by atoms with Gasteiger partial charge in [0.25, 0.3) is 0 Å². The summed E-state index contributed by atoms with van der Waals surface area (Å²) in [6.45, 7) is -0.164. The molecule has 1 saturated heterocycles. The molecule has 4 atom stereocenters. The summed E-state index contributed by atoms with van der Waals surface area (Å²) in [5.41, 5.74) is 10.9. The molecule has 9 nitrogen and oxygen atoms in total. The number of primary amides is 1. The third-order valence-electron chi connectivity index (χ3n) is 5.19. The lowest BCUT2D eigenvalue weighted by Crippen LogP contribution is -2.55. The standard InChI is InChI=1S/C14H24N4O5/c15-9-5-17(14(13(16)22)3-1-2-4-14)7-18(9)12-11(21)10(20)8(6-19)23-12/h5,8,10-12,19-21H,1-4,6-7,15H2,(H2,16,22)/t8-,10-,11-,12-/m1/s1. The molecule has 0 aromatic rings. The van der Waals surface area contributed by atoms with Crippen LogP contribution in [0.25, 0.3) is 0 Å². The Hall–Kier alpha value is -1.55. The van der Waals surface area contributed by atoms with E-state index in [1.54, 1.807) is 16.0 Å². The largest absolute Gasteiger partial charge is 0.394 e. The van der Waals surface area contributed by atoms with Crippen molar-refractivity contribution in [3.8, 4) is 0 Å². The van der Waals surface area contributed by atoms with Gasteiger partial charge in [0.05, 0.1) is 13.3 Å². The molecule has 0 spiro atoms. The first-order chi connectivity index (χ1) is 10.9. The molecule has 0 unspecified atom stereocenters. The number of hydrogen-bond donors (Lipinski definition) is 5. The molecule has 0 radical (unpaired) electrons. The smallest absolute Gasteiger partial charge is 0.243 e. The number of carbonyl (C=O) groups is 1. The van der Waals surface area contributed by atoms with Crippen molar-refractivity contribution in [3.05, 3.63) is 12.0 Å². The number of amides is 1. The number of hydrogen-bond acceptors (Lipinski definition) is 8. The molecular weight excluding hydrogens is 304 g/mol. The lowest BCUT2D eigenvalue weighted by Gasteiger charge is -2.38. The Morgan fingerprint density at radius 1 is 1.35 bits per heavy atom. The van der Waals surface area contributed by atoms with E-state index in [4.69, 9.17) is 16.2 Å². The number of nitrogens with two attached hydrogens (primary N) is 2. The Balaban J connectivity index is 1.78. The summed E-state index contributed by atoms with van der Waals surface area (Å²) in [7, 11) is 0. The highest BCUT2D eigenvalue weighted by Gasteiger charge is 2.51. The van der Waals surface area contributed by atoms with E-state index in [9.17, 15) is 20.1 Å². The number of aliphatic hydroxyl groups excluding tert-OH is 3. The van der Waals surface area contributed by atoms with Crippen molar-refractivity contribution in [1.82, 2.24) is 9.80 Å². The zero-order valence-corrected chi connectivity index (χ0v) is 12.8. The highest BCUT2D eigenvalue weighted by atomic mass is 16.6. The SMILES string of the molecule is NC(=O)C1(N2C=C(N)N([C@@H]3O[C@H](CO)[C@@H](O)[C@H]3O)C2)CCCC1. The summed E-state index contributed by atoms with van der Waals surface area (Å²) in [6.07, 6.45) is 0.664. The summed E-state index contributed by atoms with van der Waals surface area (Å²) in [5, 5.41) is 29.2. The Morgan fingerprint density at radius 3 is 2.52 bits per heavy atom. The molecule has 1 aliphatic carbocycles. The van der Waals surface area contributed by atoms with Gasteiger partial charge < -0.3 is 41.3 Å². The van der Waals surface area contributed by atoms with Crippen molar-refractivity contribution in [2.75, 3.05) is 13.3 Å². The third-order valence-corrected chi connectivity index (χ3v) is 5.19. The number of rotatable bonds is 4. The van der Waals surface area contributed by atoms with Crippen LogP contribution >= 0.6 is 0 Å². The van der Waals surface area contributed by atoms with Gasteiger partial charge in [-0.25, -0.2) is 0 Å². The highest BCUT2D eigenvalue weighted by Crippen LogP contribution is 2.39. The average molecular weight is 328 g/mol. The number of aliphatic hydroxyl groups is 3. The van der Waals surface area contributed by atoms with Gasteiger partial charge in [-0.15, -0.1) is 0 Å². The van der Waals surface area contributed by atoms with E-state index in [1.807, 2.05) is 0 Å². The molecule has 3 rings (SSSR count). The first kappa shape index (κ1) is 16.3. The van der Waals surface area contributed by atoms with Crippen LogP contribution in [-0.4, -0.2) is 74.4 Å². The minimum Gasteiger partial charge on any atom is -0.394 e. The maximum absolute atomic E-state index is 12.0. The van der Waals surface area contributed by atoms with Gasteiger partial charge in [0, 0.05) is 6.20 Å². The fourth-order valence-electron chi connectivity index (χ4n) is 3.78. The van der Waals surface area contributed by atoms with Crippen molar-refractivity contribution in [3.63, 3.8) is 0 Å². The summed E-state index contributed by atoms with van der Waals surface area (Å²) in [4.78, 5) is 15.4. The lowest BCUT2D eigenvalue weighted by molar-refractivity contribution is -0.131. The number of nitrogens with zero attached hydrogens (tertiary/aromatic N) is 2. The highest BCUT2D eigenvalue weighted by molar-refractivity contribution is 5.85. The Bertz CT molecular complexity index is 507. The first-order valence-corrected chi connectivity index (χ1v) is 7.84.